The van der Waals surface area contributed by atoms with Crippen molar-refractivity contribution in [2.24, 2.45) is 5.92 Å². The van der Waals surface area contributed by atoms with E-state index in [4.69, 9.17) is 0 Å². The molecule has 2 bridgehead atoms. The Labute approximate surface area is 167 Å². The fraction of sp³-hybridized carbons (Fsp3) is 0.429. The smallest absolute Gasteiger partial charge is 0.261 e. The Bertz CT molecular complexity index is 984. The van der Waals surface area contributed by atoms with Crippen LogP contribution >= 0.6 is 22.7 Å². The molecule has 1 amide bonds. The molecule has 0 spiro atoms. The number of benzene rings is 1. The number of rotatable bonds is 3. The van der Waals surface area contributed by atoms with Crippen LogP contribution in [0.1, 0.15) is 36.4 Å². The molecule has 3 fully saturated rings. The van der Waals surface area contributed by atoms with E-state index in [0.717, 1.165) is 38.6 Å². The molecule has 6 rings (SSSR count). The number of amides is 1. The number of carbonyl (C=O) groups excluding carboxylic acids is 1. The van der Waals surface area contributed by atoms with Crippen LogP contribution in [0.4, 0.5) is 0 Å². The van der Waals surface area contributed by atoms with Crippen LogP contribution in [0.2, 0.25) is 0 Å². The molecule has 1 aromatic carbocycles. The molecule has 1 atom stereocenters. The van der Waals surface area contributed by atoms with Gasteiger partial charge in [0.25, 0.3) is 5.91 Å². The first-order valence-corrected chi connectivity index (χ1v) is 11.2. The summed E-state index contributed by atoms with van der Waals surface area (Å²) < 4.78 is 1.14. The second kappa shape index (κ2) is 6.40. The van der Waals surface area contributed by atoms with Gasteiger partial charge in [0.05, 0.1) is 4.88 Å². The van der Waals surface area contributed by atoms with Crippen LogP contribution in [0.5, 0.6) is 0 Å². The number of carbonyl (C=O) groups is 1. The third-order valence-electron chi connectivity index (χ3n) is 6.30. The zero-order chi connectivity index (χ0) is 18.6. The van der Waals surface area contributed by atoms with E-state index in [0.29, 0.717) is 5.92 Å². The van der Waals surface area contributed by atoms with Crippen LogP contribution in [0, 0.1) is 5.92 Å². The van der Waals surface area contributed by atoms with Crippen molar-refractivity contribution in [3.63, 3.8) is 0 Å². The number of hydrogen-bond donors (Lipinski definition) is 1. The number of nitrogens with one attached hydrogen (secondary N) is 1. The maximum atomic E-state index is 13.1. The van der Waals surface area contributed by atoms with Crippen molar-refractivity contribution >= 4 is 38.7 Å². The molecule has 3 aliphatic heterocycles. The first-order valence-electron chi connectivity index (χ1n) is 9.52. The Kier molecular flexibility index (Phi) is 4.11. The van der Waals surface area contributed by atoms with Gasteiger partial charge in [-0.25, -0.2) is 4.98 Å². The van der Waals surface area contributed by atoms with E-state index in [1.807, 2.05) is 23.7 Å². The highest BCUT2D eigenvalue weighted by Crippen LogP contribution is 2.40. The van der Waals surface area contributed by atoms with Crippen LogP contribution in [0.3, 0.4) is 0 Å². The fourth-order valence-electron chi connectivity index (χ4n) is 4.79. The van der Waals surface area contributed by atoms with Gasteiger partial charge in [0.2, 0.25) is 0 Å². The minimum absolute atomic E-state index is 0.0273. The summed E-state index contributed by atoms with van der Waals surface area (Å²) in [6.45, 7) is 6.86. The molecule has 27 heavy (non-hydrogen) atoms. The first-order chi connectivity index (χ1) is 13.0. The van der Waals surface area contributed by atoms with Crippen LogP contribution in [-0.2, 0) is 0 Å². The molecule has 5 heterocycles. The van der Waals surface area contributed by atoms with Crippen molar-refractivity contribution in [3.05, 3.63) is 40.7 Å². The van der Waals surface area contributed by atoms with Crippen molar-refractivity contribution in [2.45, 2.75) is 38.3 Å². The minimum Gasteiger partial charge on any atom is -0.346 e. The molecule has 0 aliphatic carbocycles. The maximum Gasteiger partial charge on any atom is 0.261 e. The van der Waals surface area contributed by atoms with E-state index >= 15 is 0 Å². The van der Waals surface area contributed by atoms with Gasteiger partial charge >= 0.3 is 0 Å². The summed E-state index contributed by atoms with van der Waals surface area (Å²) in [5.41, 5.74) is 1.15. The zero-order valence-electron chi connectivity index (χ0n) is 15.6. The van der Waals surface area contributed by atoms with Gasteiger partial charge in [0, 0.05) is 33.4 Å². The lowest BCUT2D eigenvalue weighted by molar-refractivity contribution is -0.0377. The Morgan fingerprint density at radius 3 is 2.81 bits per heavy atom. The monoisotopic (exact) mass is 397 g/mol. The van der Waals surface area contributed by atoms with Gasteiger partial charge in [-0.3, -0.25) is 9.69 Å². The maximum absolute atomic E-state index is 13.1. The lowest BCUT2D eigenvalue weighted by Crippen LogP contribution is -2.69. The summed E-state index contributed by atoms with van der Waals surface area (Å²) in [5.74, 6) is 0.655. The third kappa shape index (κ3) is 2.82. The molecule has 4 nitrogen and oxygen atoms in total. The molecule has 3 aromatic rings. The molecule has 3 saturated heterocycles. The second-order valence-electron chi connectivity index (χ2n) is 8.10. The predicted molar refractivity (Wildman–Crippen MR) is 113 cm³/mol. The zero-order valence-corrected chi connectivity index (χ0v) is 17.2. The second-order valence-corrected chi connectivity index (χ2v) is 10.0. The summed E-state index contributed by atoms with van der Waals surface area (Å²) in [5, 5.41) is 7.50. The van der Waals surface area contributed by atoms with Crippen molar-refractivity contribution in [3.8, 4) is 10.6 Å². The number of piperidine rings is 3. The molecule has 0 radical (unpaired) electrons. The summed E-state index contributed by atoms with van der Waals surface area (Å²) in [4.78, 5) is 20.9. The fourth-order valence-corrected chi connectivity index (χ4v) is 6.60. The summed E-state index contributed by atoms with van der Waals surface area (Å²) in [7, 11) is 0. The average Bonchev–Trinajstić information content (AvgIpc) is 3.34. The summed E-state index contributed by atoms with van der Waals surface area (Å²) in [6, 6.07) is 8.47. The minimum atomic E-state index is 0.0273. The van der Waals surface area contributed by atoms with Gasteiger partial charge in [0.1, 0.15) is 5.01 Å². The number of aromatic nitrogens is 1. The van der Waals surface area contributed by atoms with E-state index in [2.05, 4.69) is 41.2 Å². The van der Waals surface area contributed by atoms with Crippen LogP contribution in [-0.4, -0.2) is 40.5 Å². The molecule has 0 unspecified atom stereocenters. The van der Waals surface area contributed by atoms with Gasteiger partial charge < -0.3 is 5.32 Å². The molecule has 0 saturated carbocycles. The highest BCUT2D eigenvalue weighted by atomic mass is 32.1. The van der Waals surface area contributed by atoms with Crippen LogP contribution < -0.4 is 5.32 Å². The predicted octanol–water partition coefficient (Wildman–Crippen LogP) is 4.63. The van der Waals surface area contributed by atoms with E-state index < -0.39 is 0 Å². The quantitative estimate of drug-likeness (QED) is 0.701. The highest BCUT2D eigenvalue weighted by molar-refractivity contribution is 7.22. The van der Waals surface area contributed by atoms with Crippen LogP contribution in [0.25, 0.3) is 20.7 Å². The Morgan fingerprint density at radius 2 is 2.11 bits per heavy atom. The van der Waals surface area contributed by atoms with E-state index in [9.17, 15) is 4.79 Å². The van der Waals surface area contributed by atoms with Crippen molar-refractivity contribution in [1.82, 2.24) is 15.2 Å². The Balaban J connectivity index is 1.46. The topological polar surface area (TPSA) is 45.2 Å². The molecular weight excluding hydrogens is 374 g/mol. The third-order valence-corrected chi connectivity index (χ3v) is 8.29. The van der Waals surface area contributed by atoms with Gasteiger partial charge in [-0.15, -0.1) is 22.7 Å². The number of hydrogen-bond acceptors (Lipinski definition) is 5. The number of thiophene rings is 1. The van der Waals surface area contributed by atoms with E-state index in [-0.39, 0.29) is 17.5 Å². The number of fused-ring (bicyclic) bond motifs is 4. The van der Waals surface area contributed by atoms with Gasteiger partial charge in [-0.2, -0.15) is 0 Å². The Hall–Kier alpha value is -1.76. The normalized spacial score (nSPS) is 26.4. The number of nitrogens with zero attached hydrogens (tertiary/aromatic N) is 2. The molecule has 3 aliphatic rings. The van der Waals surface area contributed by atoms with Crippen LogP contribution in [0.15, 0.2) is 35.8 Å². The average molecular weight is 398 g/mol. The van der Waals surface area contributed by atoms with Gasteiger partial charge in [-0.05, 0) is 57.1 Å². The lowest BCUT2D eigenvalue weighted by Gasteiger charge is -2.56. The van der Waals surface area contributed by atoms with Crippen molar-refractivity contribution in [2.75, 3.05) is 13.1 Å². The SMILES string of the molecule is CC1(C)[C@H](NC(=O)c2cc3cccc(-c4nccs4)c3s2)C2CCN1CC2. The molecule has 2 aromatic heterocycles. The number of thiazole rings is 1. The molecule has 6 heteroatoms. The summed E-state index contributed by atoms with van der Waals surface area (Å²) in [6.07, 6.45) is 4.21. The largest absolute Gasteiger partial charge is 0.346 e. The van der Waals surface area contributed by atoms with E-state index in [1.165, 1.54) is 12.8 Å². The standard InChI is InChI=1S/C21H23N3OS2/c1-21(2)18(13-6-9-24(21)10-7-13)23-19(25)16-12-14-4-3-5-15(17(14)27-16)20-22-8-11-26-20/h3-5,8,11-13,18H,6-7,9-10H2,1-2H3,(H,23,25)/t18-/m1/s1. The molecule has 1 N–H and O–H groups in total. The van der Waals surface area contributed by atoms with Gasteiger partial charge in [0.15, 0.2) is 0 Å². The highest BCUT2D eigenvalue weighted by Gasteiger charge is 2.48. The Morgan fingerprint density at radius 1 is 1.30 bits per heavy atom. The van der Waals surface area contributed by atoms with E-state index in [1.54, 1.807) is 22.7 Å². The summed E-state index contributed by atoms with van der Waals surface area (Å²) >= 11 is 3.21. The van der Waals surface area contributed by atoms with Crippen molar-refractivity contribution < 1.29 is 4.79 Å². The lowest BCUT2D eigenvalue weighted by atomic mass is 9.72. The van der Waals surface area contributed by atoms with Gasteiger partial charge in [-0.1, -0.05) is 18.2 Å². The first kappa shape index (κ1) is 17.3. The molecule has 140 valence electrons. The molecular formula is C21H23N3OS2. The van der Waals surface area contributed by atoms with Crippen molar-refractivity contribution in [1.29, 1.82) is 0 Å².